The number of nitrogens with zero attached hydrogens (tertiary/aromatic N) is 2. The van der Waals surface area contributed by atoms with Crippen molar-refractivity contribution in [2.24, 2.45) is 0 Å². The highest BCUT2D eigenvalue weighted by Gasteiger charge is 2.14. The zero-order valence-corrected chi connectivity index (χ0v) is 14.4. The quantitative estimate of drug-likeness (QED) is 0.699. The minimum Gasteiger partial charge on any atom is -0.343 e. The SMILES string of the molecule is O=C(NCc1nc(-c2cccc(Cl)c2)no1)c1cc(Br)ccc1F. The molecule has 3 aromatic rings. The molecule has 0 atom stereocenters. The molecule has 0 saturated carbocycles. The molecule has 0 spiro atoms. The highest BCUT2D eigenvalue weighted by Crippen LogP contribution is 2.20. The van der Waals surface area contributed by atoms with Gasteiger partial charge in [-0.2, -0.15) is 4.98 Å². The fourth-order valence-corrected chi connectivity index (χ4v) is 2.55. The molecular weight excluding hydrogens is 401 g/mol. The van der Waals surface area contributed by atoms with Gasteiger partial charge in [-0.1, -0.05) is 44.8 Å². The first-order chi connectivity index (χ1) is 11.5. The van der Waals surface area contributed by atoms with E-state index in [9.17, 15) is 9.18 Å². The van der Waals surface area contributed by atoms with Gasteiger partial charge < -0.3 is 9.84 Å². The summed E-state index contributed by atoms with van der Waals surface area (Å²) in [4.78, 5) is 16.2. The molecular formula is C16H10BrClFN3O2. The lowest BCUT2D eigenvalue weighted by molar-refractivity contribution is 0.0942. The lowest BCUT2D eigenvalue weighted by Gasteiger charge is -2.04. The van der Waals surface area contributed by atoms with Gasteiger partial charge in [0.05, 0.1) is 12.1 Å². The van der Waals surface area contributed by atoms with Crippen molar-refractivity contribution in [3.8, 4) is 11.4 Å². The fraction of sp³-hybridized carbons (Fsp3) is 0.0625. The Morgan fingerprint density at radius 1 is 1.29 bits per heavy atom. The second kappa shape index (κ2) is 7.11. The normalized spacial score (nSPS) is 10.6. The van der Waals surface area contributed by atoms with Gasteiger partial charge in [0.1, 0.15) is 5.82 Å². The molecule has 0 radical (unpaired) electrons. The van der Waals surface area contributed by atoms with Crippen LogP contribution in [0, 0.1) is 5.82 Å². The van der Waals surface area contributed by atoms with E-state index in [1.54, 1.807) is 24.3 Å². The zero-order chi connectivity index (χ0) is 17.1. The molecule has 1 heterocycles. The Morgan fingerprint density at radius 2 is 2.12 bits per heavy atom. The zero-order valence-electron chi connectivity index (χ0n) is 12.1. The predicted octanol–water partition coefficient (Wildman–Crippen LogP) is 4.22. The van der Waals surface area contributed by atoms with Crippen LogP contribution in [-0.4, -0.2) is 16.0 Å². The van der Waals surface area contributed by atoms with Crippen LogP contribution in [0.2, 0.25) is 5.02 Å². The number of hydrogen-bond donors (Lipinski definition) is 1. The summed E-state index contributed by atoms with van der Waals surface area (Å²) < 4.78 is 19.3. The third-order valence-corrected chi connectivity index (χ3v) is 3.85. The molecule has 0 bridgehead atoms. The molecule has 3 rings (SSSR count). The molecule has 1 N–H and O–H groups in total. The van der Waals surface area contributed by atoms with Crippen molar-refractivity contribution in [3.63, 3.8) is 0 Å². The molecule has 8 heteroatoms. The smallest absolute Gasteiger partial charge is 0.254 e. The Hall–Kier alpha value is -2.25. The maximum atomic E-state index is 13.7. The van der Waals surface area contributed by atoms with Crippen molar-refractivity contribution in [1.29, 1.82) is 0 Å². The lowest BCUT2D eigenvalue weighted by atomic mass is 10.2. The third kappa shape index (κ3) is 3.80. The van der Waals surface area contributed by atoms with E-state index in [1.165, 1.54) is 18.2 Å². The van der Waals surface area contributed by atoms with Crippen LogP contribution in [0.4, 0.5) is 4.39 Å². The minimum atomic E-state index is -0.610. The van der Waals surface area contributed by atoms with Crippen molar-refractivity contribution < 1.29 is 13.7 Å². The van der Waals surface area contributed by atoms with E-state index >= 15 is 0 Å². The molecule has 0 aliphatic heterocycles. The topological polar surface area (TPSA) is 68.0 Å². The van der Waals surface area contributed by atoms with Crippen LogP contribution in [0.1, 0.15) is 16.2 Å². The van der Waals surface area contributed by atoms with Crippen LogP contribution < -0.4 is 5.32 Å². The average molecular weight is 411 g/mol. The van der Waals surface area contributed by atoms with Crippen LogP contribution in [0.15, 0.2) is 51.5 Å². The van der Waals surface area contributed by atoms with Crippen molar-refractivity contribution in [3.05, 3.63) is 69.2 Å². The molecule has 1 amide bonds. The van der Waals surface area contributed by atoms with E-state index in [2.05, 4.69) is 31.4 Å². The van der Waals surface area contributed by atoms with E-state index in [1.807, 2.05) is 0 Å². The first-order valence-corrected chi connectivity index (χ1v) is 8.02. The van der Waals surface area contributed by atoms with Crippen LogP contribution in [0.25, 0.3) is 11.4 Å². The van der Waals surface area contributed by atoms with Gasteiger partial charge in [-0.05, 0) is 30.3 Å². The number of hydrogen-bond acceptors (Lipinski definition) is 4. The second-order valence-electron chi connectivity index (χ2n) is 4.83. The van der Waals surface area contributed by atoms with Gasteiger partial charge in [0.25, 0.3) is 5.91 Å². The summed E-state index contributed by atoms with van der Waals surface area (Å²) >= 11 is 9.11. The summed E-state index contributed by atoms with van der Waals surface area (Å²) in [5.41, 5.74) is 0.626. The van der Waals surface area contributed by atoms with E-state index in [-0.39, 0.29) is 18.0 Å². The lowest BCUT2D eigenvalue weighted by Crippen LogP contribution is -2.24. The van der Waals surface area contributed by atoms with Gasteiger partial charge in [0, 0.05) is 15.1 Å². The Balaban J connectivity index is 1.69. The summed E-state index contributed by atoms with van der Waals surface area (Å²) in [6.07, 6.45) is 0. The fourth-order valence-electron chi connectivity index (χ4n) is 1.99. The van der Waals surface area contributed by atoms with E-state index < -0.39 is 11.7 Å². The van der Waals surface area contributed by atoms with Crippen molar-refractivity contribution in [1.82, 2.24) is 15.5 Å². The summed E-state index contributed by atoms with van der Waals surface area (Å²) in [6, 6.07) is 11.1. The molecule has 2 aromatic carbocycles. The van der Waals surface area contributed by atoms with Gasteiger partial charge in [0.2, 0.25) is 11.7 Å². The number of benzene rings is 2. The molecule has 0 fully saturated rings. The third-order valence-electron chi connectivity index (χ3n) is 3.12. The van der Waals surface area contributed by atoms with Crippen LogP contribution in [0.3, 0.4) is 0 Å². The second-order valence-corrected chi connectivity index (χ2v) is 6.18. The van der Waals surface area contributed by atoms with E-state index in [4.69, 9.17) is 16.1 Å². The maximum absolute atomic E-state index is 13.7. The van der Waals surface area contributed by atoms with E-state index in [0.29, 0.717) is 20.9 Å². The Morgan fingerprint density at radius 3 is 2.92 bits per heavy atom. The van der Waals surface area contributed by atoms with Crippen LogP contribution in [-0.2, 0) is 6.54 Å². The summed E-state index contributed by atoms with van der Waals surface area (Å²) in [5.74, 6) is -0.624. The van der Waals surface area contributed by atoms with Crippen molar-refractivity contribution in [2.45, 2.75) is 6.54 Å². The number of nitrogens with one attached hydrogen (secondary N) is 1. The number of amides is 1. The molecule has 0 saturated heterocycles. The minimum absolute atomic E-state index is 0.0155. The molecule has 24 heavy (non-hydrogen) atoms. The van der Waals surface area contributed by atoms with Crippen molar-refractivity contribution in [2.75, 3.05) is 0 Å². The van der Waals surface area contributed by atoms with Crippen LogP contribution in [0.5, 0.6) is 0 Å². The number of carbonyl (C=O) groups is 1. The van der Waals surface area contributed by atoms with Crippen LogP contribution >= 0.6 is 27.5 Å². The number of halogens is 3. The monoisotopic (exact) mass is 409 g/mol. The van der Waals surface area contributed by atoms with Gasteiger partial charge >= 0.3 is 0 Å². The summed E-state index contributed by atoms with van der Waals surface area (Å²) in [7, 11) is 0. The maximum Gasteiger partial charge on any atom is 0.254 e. The summed E-state index contributed by atoms with van der Waals surface area (Å²) in [5, 5.41) is 6.92. The largest absolute Gasteiger partial charge is 0.343 e. The molecule has 5 nitrogen and oxygen atoms in total. The van der Waals surface area contributed by atoms with E-state index in [0.717, 1.165) is 0 Å². The number of rotatable bonds is 4. The molecule has 0 aliphatic rings. The summed E-state index contributed by atoms with van der Waals surface area (Å²) in [6.45, 7) is -0.0155. The van der Waals surface area contributed by atoms with Gasteiger partial charge in [-0.15, -0.1) is 0 Å². The van der Waals surface area contributed by atoms with Gasteiger partial charge in [-0.3, -0.25) is 4.79 Å². The Kier molecular flexibility index (Phi) is 4.92. The van der Waals surface area contributed by atoms with Gasteiger partial charge in [0.15, 0.2) is 0 Å². The molecule has 122 valence electrons. The molecule has 0 aliphatic carbocycles. The predicted molar refractivity (Wildman–Crippen MR) is 90.0 cm³/mol. The Bertz CT molecular complexity index is 901. The standard InChI is InChI=1S/C16H10BrClFN3O2/c17-10-4-5-13(19)12(7-10)16(23)20-8-14-21-15(22-24-14)9-2-1-3-11(18)6-9/h1-7H,8H2,(H,20,23). The Labute approximate surface area is 150 Å². The highest BCUT2D eigenvalue weighted by molar-refractivity contribution is 9.10. The number of carbonyl (C=O) groups excluding carboxylic acids is 1. The highest BCUT2D eigenvalue weighted by atomic mass is 79.9. The number of aromatic nitrogens is 2. The first-order valence-electron chi connectivity index (χ1n) is 6.85. The molecule has 0 unspecified atom stereocenters. The molecule has 1 aromatic heterocycles. The first kappa shape index (κ1) is 16.6. The van der Waals surface area contributed by atoms with Gasteiger partial charge in [-0.25, -0.2) is 4.39 Å². The average Bonchev–Trinajstić information content (AvgIpc) is 3.04. The van der Waals surface area contributed by atoms with Crippen molar-refractivity contribution >= 4 is 33.4 Å².